The van der Waals surface area contributed by atoms with E-state index in [-0.39, 0.29) is 5.91 Å². The van der Waals surface area contributed by atoms with E-state index < -0.39 is 0 Å². The number of hydrogen-bond acceptors (Lipinski definition) is 3. The van der Waals surface area contributed by atoms with Gasteiger partial charge in [0.05, 0.1) is 11.2 Å². The Balaban J connectivity index is 2.22. The molecule has 0 saturated heterocycles. The first kappa shape index (κ1) is 12.0. The molecule has 0 radical (unpaired) electrons. The van der Waals surface area contributed by atoms with E-state index in [4.69, 9.17) is 16.3 Å². The van der Waals surface area contributed by atoms with E-state index in [2.05, 4.69) is 15.5 Å². The Morgan fingerprint density at radius 2 is 2.53 bits per heavy atom. The highest BCUT2D eigenvalue weighted by atomic mass is 35.5. The maximum Gasteiger partial charge on any atom is 0.270 e. The highest BCUT2D eigenvalue weighted by molar-refractivity contribution is 6.33. The van der Waals surface area contributed by atoms with Gasteiger partial charge >= 0.3 is 0 Å². The fourth-order valence-electron chi connectivity index (χ4n) is 1.04. The molecule has 1 amide bonds. The van der Waals surface area contributed by atoms with Crippen LogP contribution >= 0.6 is 11.6 Å². The van der Waals surface area contributed by atoms with Gasteiger partial charge in [-0.3, -0.25) is 9.89 Å². The van der Waals surface area contributed by atoms with E-state index in [9.17, 15) is 4.79 Å². The minimum atomic E-state index is -0.242. The van der Waals surface area contributed by atoms with Gasteiger partial charge in [0.1, 0.15) is 5.69 Å². The first-order valence-corrected chi connectivity index (χ1v) is 5.18. The van der Waals surface area contributed by atoms with Crippen LogP contribution in [0.15, 0.2) is 6.20 Å². The fourth-order valence-corrected chi connectivity index (χ4v) is 1.22. The summed E-state index contributed by atoms with van der Waals surface area (Å²) in [5, 5.41) is 9.23. The first-order chi connectivity index (χ1) is 7.25. The standard InChI is InChI=1S/C9H14ClN3O2/c1-2-15-5-3-4-11-9(14)8-7(10)6-12-13-8/h6H,2-5H2,1H3,(H,11,14)(H,12,13). The zero-order valence-electron chi connectivity index (χ0n) is 8.55. The molecule has 0 aromatic carbocycles. The SMILES string of the molecule is CCOCCCNC(=O)c1[nH]ncc1Cl. The first-order valence-electron chi connectivity index (χ1n) is 4.80. The summed E-state index contributed by atoms with van der Waals surface area (Å²) in [6.45, 7) is 3.84. The number of aromatic amines is 1. The molecule has 6 heteroatoms. The van der Waals surface area contributed by atoms with Gasteiger partial charge in [-0.25, -0.2) is 0 Å². The number of carbonyl (C=O) groups is 1. The molecule has 84 valence electrons. The van der Waals surface area contributed by atoms with Gasteiger partial charge in [-0.1, -0.05) is 11.6 Å². The van der Waals surface area contributed by atoms with Crippen LogP contribution in [0.5, 0.6) is 0 Å². The molecule has 2 N–H and O–H groups in total. The van der Waals surface area contributed by atoms with Gasteiger partial charge in [0.25, 0.3) is 5.91 Å². The molecule has 0 fully saturated rings. The number of nitrogens with one attached hydrogen (secondary N) is 2. The Labute approximate surface area is 93.1 Å². The van der Waals surface area contributed by atoms with Crippen LogP contribution in [0.1, 0.15) is 23.8 Å². The molecule has 0 bridgehead atoms. The normalized spacial score (nSPS) is 10.3. The summed E-state index contributed by atoms with van der Waals surface area (Å²) < 4.78 is 5.13. The molecular weight excluding hydrogens is 218 g/mol. The monoisotopic (exact) mass is 231 g/mol. The van der Waals surface area contributed by atoms with Gasteiger partial charge in [0.15, 0.2) is 0 Å². The maximum absolute atomic E-state index is 11.5. The van der Waals surface area contributed by atoms with Crippen molar-refractivity contribution < 1.29 is 9.53 Å². The molecule has 0 unspecified atom stereocenters. The van der Waals surface area contributed by atoms with Crippen LogP contribution in [0.2, 0.25) is 5.02 Å². The molecular formula is C9H14ClN3O2. The summed E-state index contributed by atoms with van der Waals surface area (Å²) in [5.41, 5.74) is 0.299. The van der Waals surface area contributed by atoms with E-state index in [1.54, 1.807) is 0 Å². The van der Waals surface area contributed by atoms with Gasteiger partial charge in [0, 0.05) is 19.8 Å². The summed E-state index contributed by atoms with van der Waals surface area (Å²) in [4.78, 5) is 11.5. The van der Waals surface area contributed by atoms with Crippen LogP contribution in [-0.2, 0) is 4.74 Å². The molecule has 0 spiro atoms. The molecule has 5 nitrogen and oxygen atoms in total. The molecule has 0 aliphatic rings. The van der Waals surface area contributed by atoms with Gasteiger partial charge < -0.3 is 10.1 Å². The van der Waals surface area contributed by atoms with Crippen molar-refractivity contribution in [3.63, 3.8) is 0 Å². The van der Waals surface area contributed by atoms with Crippen molar-refractivity contribution in [1.82, 2.24) is 15.5 Å². The van der Waals surface area contributed by atoms with E-state index in [0.29, 0.717) is 30.5 Å². The van der Waals surface area contributed by atoms with E-state index >= 15 is 0 Å². The topological polar surface area (TPSA) is 67.0 Å². The second-order valence-corrected chi connectivity index (χ2v) is 3.31. The minimum absolute atomic E-state index is 0.242. The van der Waals surface area contributed by atoms with Gasteiger partial charge in [-0.15, -0.1) is 0 Å². The van der Waals surface area contributed by atoms with Gasteiger partial charge in [-0.2, -0.15) is 5.10 Å². The van der Waals surface area contributed by atoms with Crippen molar-refractivity contribution in [1.29, 1.82) is 0 Å². The number of H-pyrrole nitrogens is 1. The third-order valence-electron chi connectivity index (χ3n) is 1.78. The Hall–Kier alpha value is -1.07. The Morgan fingerprint density at radius 3 is 3.13 bits per heavy atom. The van der Waals surface area contributed by atoms with Crippen LogP contribution in [0.4, 0.5) is 0 Å². The number of ether oxygens (including phenoxy) is 1. The van der Waals surface area contributed by atoms with Crippen molar-refractivity contribution in [3.8, 4) is 0 Å². The van der Waals surface area contributed by atoms with Crippen molar-refractivity contribution >= 4 is 17.5 Å². The maximum atomic E-state index is 11.5. The molecule has 1 rings (SSSR count). The number of nitrogens with zero attached hydrogens (tertiary/aromatic N) is 1. The van der Waals surface area contributed by atoms with Crippen LogP contribution < -0.4 is 5.32 Å². The second kappa shape index (κ2) is 6.42. The summed E-state index contributed by atoms with van der Waals surface area (Å²) in [5.74, 6) is -0.242. The highest BCUT2D eigenvalue weighted by Gasteiger charge is 2.10. The lowest BCUT2D eigenvalue weighted by Crippen LogP contribution is -2.25. The Kier molecular flexibility index (Phi) is 5.14. The fraction of sp³-hybridized carbons (Fsp3) is 0.556. The lowest BCUT2D eigenvalue weighted by Gasteiger charge is -2.03. The smallest absolute Gasteiger partial charge is 0.270 e. The molecule has 0 aliphatic heterocycles. The van der Waals surface area contributed by atoms with Crippen LogP contribution in [0.3, 0.4) is 0 Å². The molecule has 0 atom stereocenters. The molecule has 1 aromatic heterocycles. The van der Waals surface area contributed by atoms with Crippen molar-refractivity contribution in [2.75, 3.05) is 19.8 Å². The summed E-state index contributed by atoms with van der Waals surface area (Å²) in [6.07, 6.45) is 2.18. The molecule has 1 aromatic rings. The number of rotatable bonds is 6. The largest absolute Gasteiger partial charge is 0.382 e. The summed E-state index contributed by atoms with van der Waals surface area (Å²) >= 11 is 5.72. The van der Waals surface area contributed by atoms with E-state index in [1.165, 1.54) is 6.20 Å². The Morgan fingerprint density at radius 1 is 1.73 bits per heavy atom. The zero-order valence-corrected chi connectivity index (χ0v) is 9.30. The number of amides is 1. The number of halogens is 1. The lowest BCUT2D eigenvalue weighted by atomic mass is 10.4. The third-order valence-corrected chi connectivity index (χ3v) is 2.06. The van der Waals surface area contributed by atoms with Gasteiger partial charge in [0.2, 0.25) is 0 Å². The van der Waals surface area contributed by atoms with Crippen LogP contribution in [0.25, 0.3) is 0 Å². The lowest BCUT2D eigenvalue weighted by molar-refractivity contribution is 0.0939. The highest BCUT2D eigenvalue weighted by Crippen LogP contribution is 2.10. The summed E-state index contributed by atoms with van der Waals surface area (Å²) in [6, 6.07) is 0. The second-order valence-electron chi connectivity index (χ2n) is 2.90. The predicted octanol–water partition coefficient (Wildman–Crippen LogP) is 1.22. The van der Waals surface area contributed by atoms with E-state index in [0.717, 1.165) is 6.42 Å². The van der Waals surface area contributed by atoms with E-state index in [1.807, 2.05) is 6.92 Å². The van der Waals surface area contributed by atoms with Crippen LogP contribution in [0, 0.1) is 0 Å². The molecule has 15 heavy (non-hydrogen) atoms. The minimum Gasteiger partial charge on any atom is -0.382 e. The number of carbonyl (C=O) groups excluding carboxylic acids is 1. The number of hydrogen-bond donors (Lipinski definition) is 2. The van der Waals surface area contributed by atoms with Crippen molar-refractivity contribution in [3.05, 3.63) is 16.9 Å². The molecule has 0 aliphatic carbocycles. The Bertz CT molecular complexity index is 314. The quantitative estimate of drug-likeness (QED) is 0.724. The number of aromatic nitrogens is 2. The summed E-state index contributed by atoms with van der Waals surface area (Å²) in [7, 11) is 0. The van der Waals surface area contributed by atoms with Crippen LogP contribution in [-0.4, -0.2) is 35.9 Å². The average Bonchev–Trinajstić information content (AvgIpc) is 2.64. The molecule has 0 saturated carbocycles. The third kappa shape index (κ3) is 3.89. The van der Waals surface area contributed by atoms with Crippen molar-refractivity contribution in [2.24, 2.45) is 0 Å². The zero-order chi connectivity index (χ0) is 11.1. The van der Waals surface area contributed by atoms with Gasteiger partial charge in [-0.05, 0) is 13.3 Å². The average molecular weight is 232 g/mol. The predicted molar refractivity (Wildman–Crippen MR) is 57.0 cm³/mol. The van der Waals surface area contributed by atoms with Crippen molar-refractivity contribution in [2.45, 2.75) is 13.3 Å². The molecule has 1 heterocycles.